The van der Waals surface area contributed by atoms with Gasteiger partial charge < -0.3 is 10.4 Å². The van der Waals surface area contributed by atoms with E-state index in [4.69, 9.17) is 11.6 Å². The van der Waals surface area contributed by atoms with E-state index in [1.807, 2.05) is 13.8 Å². The van der Waals surface area contributed by atoms with E-state index in [1.165, 1.54) is 0 Å². The van der Waals surface area contributed by atoms with Gasteiger partial charge in [-0.15, -0.1) is 0 Å². The van der Waals surface area contributed by atoms with Gasteiger partial charge in [0.1, 0.15) is 11.6 Å². The molecule has 118 valence electrons. The maximum Gasteiger partial charge on any atom is 0.253 e. The largest absolute Gasteiger partial charge is 0.378 e. The number of hydrogen-bond acceptors (Lipinski definition) is 4. The summed E-state index contributed by atoms with van der Waals surface area (Å²) in [6.45, 7) is 4.86. The third kappa shape index (κ3) is 4.29. The first-order valence-electron chi connectivity index (χ1n) is 7.06. The lowest BCUT2D eigenvalue weighted by Gasteiger charge is -2.12. The van der Waals surface area contributed by atoms with Gasteiger partial charge in [0.2, 0.25) is 0 Å². The van der Waals surface area contributed by atoms with Crippen molar-refractivity contribution in [2.75, 3.05) is 6.54 Å². The zero-order chi connectivity index (χ0) is 16.1. The molecule has 0 spiro atoms. The molecular weight excluding hydrogens is 304 g/mol. The number of nitrogens with one attached hydrogen (secondary N) is 1. The van der Waals surface area contributed by atoms with Crippen LogP contribution in [0, 0.1) is 13.8 Å². The van der Waals surface area contributed by atoms with Gasteiger partial charge in [0.05, 0.1) is 0 Å². The van der Waals surface area contributed by atoms with E-state index in [2.05, 4.69) is 15.4 Å². The summed E-state index contributed by atoms with van der Waals surface area (Å²) < 4.78 is 1.80. The van der Waals surface area contributed by atoms with Crippen molar-refractivity contribution >= 4 is 17.5 Å². The number of amides is 1. The fourth-order valence-corrected chi connectivity index (χ4v) is 2.23. The normalized spacial score (nSPS) is 12.2. The van der Waals surface area contributed by atoms with Crippen LogP contribution in [0.5, 0.6) is 0 Å². The molecule has 1 aromatic carbocycles. The van der Waals surface area contributed by atoms with Gasteiger partial charge in [-0.25, -0.2) is 4.98 Å². The third-order valence-corrected chi connectivity index (χ3v) is 3.49. The van der Waals surface area contributed by atoms with Crippen molar-refractivity contribution in [1.82, 2.24) is 20.1 Å². The van der Waals surface area contributed by atoms with Crippen LogP contribution in [-0.4, -0.2) is 32.3 Å². The number of carbonyl (C=O) groups is 1. The van der Waals surface area contributed by atoms with Crippen LogP contribution in [0.1, 0.15) is 29.7 Å². The third-order valence-electron chi connectivity index (χ3n) is 3.24. The molecule has 6 nitrogen and oxygen atoms in total. The van der Waals surface area contributed by atoms with E-state index in [-0.39, 0.29) is 0 Å². The molecule has 0 aliphatic heterocycles. The van der Waals surface area contributed by atoms with Crippen molar-refractivity contribution < 1.29 is 9.90 Å². The van der Waals surface area contributed by atoms with Crippen LogP contribution in [0.4, 0.5) is 0 Å². The molecule has 0 fully saturated rings. The van der Waals surface area contributed by atoms with Gasteiger partial charge in [-0.3, -0.25) is 9.48 Å². The van der Waals surface area contributed by atoms with Crippen molar-refractivity contribution in [2.24, 2.45) is 0 Å². The highest BCUT2D eigenvalue weighted by atomic mass is 35.5. The highest BCUT2D eigenvalue weighted by Crippen LogP contribution is 2.16. The van der Waals surface area contributed by atoms with Crippen LogP contribution in [0.15, 0.2) is 24.3 Å². The Morgan fingerprint density at radius 2 is 2.05 bits per heavy atom. The van der Waals surface area contributed by atoms with Gasteiger partial charge >= 0.3 is 0 Å². The number of aliphatic hydroxyl groups is 1. The quantitative estimate of drug-likeness (QED) is 0.795. The first kappa shape index (κ1) is 16.5. The van der Waals surface area contributed by atoms with Gasteiger partial charge in [0.25, 0.3) is 5.91 Å². The molecule has 0 radical (unpaired) electrons. The smallest absolute Gasteiger partial charge is 0.253 e. The molecule has 0 aliphatic rings. The second-order valence-electron chi connectivity index (χ2n) is 5.03. The molecular formula is C15H19ClN4O2. The van der Waals surface area contributed by atoms with Crippen molar-refractivity contribution in [1.29, 1.82) is 0 Å². The Bertz CT molecular complexity index is 639. The molecule has 22 heavy (non-hydrogen) atoms. The summed E-state index contributed by atoms with van der Waals surface area (Å²) in [5.41, 5.74) is 0.518. The van der Waals surface area contributed by atoms with Crippen LogP contribution in [0.2, 0.25) is 5.02 Å². The Balaban J connectivity index is 1.77. The maximum absolute atomic E-state index is 11.9. The first-order valence-corrected chi connectivity index (χ1v) is 7.44. The highest BCUT2D eigenvalue weighted by Gasteiger charge is 2.16. The minimum Gasteiger partial charge on any atom is -0.378 e. The Morgan fingerprint density at radius 3 is 2.64 bits per heavy atom. The molecule has 1 aromatic heterocycles. The number of aliphatic hydroxyl groups excluding tert-OH is 1. The van der Waals surface area contributed by atoms with E-state index in [0.717, 1.165) is 11.6 Å². The number of benzene rings is 1. The van der Waals surface area contributed by atoms with E-state index < -0.39 is 12.0 Å². The van der Waals surface area contributed by atoms with E-state index in [0.29, 0.717) is 30.1 Å². The second kappa shape index (κ2) is 7.38. The van der Waals surface area contributed by atoms with Gasteiger partial charge in [-0.1, -0.05) is 23.7 Å². The molecule has 2 N–H and O–H groups in total. The summed E-state index contributed by atoms with van der Waals surface area (Å²) in [6, 6.07) is 6.55. The summed E-state index contributed by atoms with van der Waals surface area (Å²) in [6.07, 6.45) is -0.476. The van der Waals surface area contributed by atoms with E-state index >= 15 is 0 Å². The number of nitrogens with zero attached hydrogens (tertiary/aromatic N) is 3. The number of aromatic nitrogens is 3. The zero-order valence-electron chi connectivity index (χ0n) is 12.6. The summed E-state index contributed by atoms with van der Waals surface area (Å²) in [5.74, 6) is 1.17. The molecule has 1 heterocycles. The molecule has 0 saturated heterocycles. The minimum atomic E-state index is -1.19. The molecule has 1 atom stereocenters. The van der Waals surface area contributed by atoms with Gasteiger partial charge in [-0.2, -0.15) is 5.10 Å². The van der Waals surface area contributed by atoms with E-state index in [9.17, 15) is 9.90 Å². The predicted octanol–water partition coefficient (Wildman–Crippen LogP) is 1.79. The average molecular weight is 323 g/mol. The highest BCUT2D eigenvalue weighted by molar-refractivity contribution is 6.30. The van der Waals surface area contributed by atoms with Crippen molar-refractivity contribution in [3.05, 3.63) is 46.5 Å². The van der Waals surface area contributed by atoms with Crippen LogP contribution >= 0.6 is 11.6 Å². The Kier molecular flexibility index (Phi) is 5.51. The number of rotatable bonds is 6. The molecule has 0 bridgehead atoms. The Morgan fingerprint density at radius 1 is 1.36 bits per heavy atom. The van der Waals surface area contributed by atoms with E-state index in [1.54, 1.807) is 28.9 Å². The monoisotopic (exact) mass is 322 g/mol. The fraction of sp³-hybridized carbons (Fsp3) is 0.400. The molecule has 7 heteroatoms. The van der Waals surface area contributed by atoms with Crippen molar-refractivity contribution in [3.8, 4) is 0 Å². The predicted molar refractivity (Wildman–Crippen MR) is 83.5 cm³/mol. The summed E-state index contributed by atoms with van der Waals surface area (Å²) in [7, 11) is 0. The number of halogens is 1. The standard InChI is InChI=1S/C15H19ClN4O2/c1-10-18-11(2)20(19-10)9-3-8-17-15(22)14(21)12-4-6-13(16)7-5-12/h4-7,14,21H,3,8-9H2,1-2H3,(H,17,22)/t14-/m0/s1. The van der Waals surface area contributed by atoms with Gasteiger partial charge in [0.15, 0.2) is 6.10 Å². The fourth-order valence-electron chi connectivity index (χ4n) is 2.11. The van der Waals surface area contributed by atoms with Crippen LogP contribution in [0.3, 0.4) is 0 Å². The molecule has 0 aliphatic carbocycles. The van der Waals surface area contributed by atoms with Crippen LogP contribution < -0.4 is 5.32 Å². The topological polar surface area (TPSA) is 80.0 Å². The number of carbonyl (C=O) groups excluding carboxylic acids is 1. The lowest BCUT2D eigenvalue weighted by atomic mass is 10.1. The summed E-state index contributed by atoms with van der Waals surface area (Å²) in [5, 5.41) is 17.5. The second-order valence-corrected chi connectivity index (χ2v) is 5.46. The first-order chi connectivity index (χ1) is 10.5. The minimum absolute atomic E-state index is 0.422. The Hall–Kier alpha value is -1.92. The van der Waals surface area contributed by atoms with Crippen LogP contribution in [-0.2, 0) is 11.3 Å². The molecule has 2 aromatic rings. The Labute approximate surface area is 134 Å². The molecule has 2 rings (SSSR count). The molecule has 1 amide bonds. The summed E-state index contributed by atoms with van der Waals surface area (Å²) in [4.78, 5) is 16.1. The average Bonchev–Trinajstić information content (AvgIpc) is 2.81. The van der Waals surface area contributed by atoms with Gasteiger partial charge in [-0.05, 0) is 38.0 Å². The number of hydrogen-bond donors (Lipinski definition) is 2. The maximum atomic E-state index is 11.9. The van der Waals surface area contributed by atoms with Crippen molar-refractivity contribution in [3.63, 3.8) is 0 Å². The van der Waals surface area contributed by atoms with Crippen LogP contribution in [0.25, 0.3) is 0 Å². The SMILES string of the molecule is Cc1nc(C)n(CCCNC(=O)[C@@H](O)c2ccc(Cl)cc2)n1. The van der Waals surface area contributed by atoms with Crippen molar-refractivity contribution in [2.45, 2.75) is 32.9 Å². The lowest BCUT2D eigenvalue weighted by molar-refractivity contribution is -0.129. The van der Waals surface area contributed by atoms with Gasteiger partial charge in [0, 0.05) is 18.1 Å². The molecule has 0 saturated carbocycles. The lowest BCUT2D eigenvalue weighted by Crippen LogP contribution is -2.30. The zero-order valence-corrected chi connectivity index (χ0v) is 13.3. The number of aryl methyl sites for hydroxylation is 3. The molecule has 0 unspecified atom stereocenters. The summed E-state index contributed by atoms with van der Waals surface area (Å²) >= 11 is 5.78.